The zero-order valence-electron chi connectivity index (χ0n) is 11.0. The molecule has 0 saturated heterocycles. The molecule has 1 unspecified atom stereocenters. The number of carbonyl (C=O) groups is 1. The standard InChI is InChI=1S/C13H20N2O3/c1-9(16)15-11-8-10(4-5-13(11)18-3)12(17)6-7-14-2/h4-5,8,12,14,17H,6-7H2,1-3H3,(H,15,16). The summed E-state index contributed by atoms with van der Waals surface area (Å²) >= 11 is 0. The van der Waals surface area contributed by atoms with Gasteiger partial charge in [-0.15, -0.1) is 0 Å². The molecule has 0 fully saturated rings. The first-order valence-electron chi connectivity index (χ1n) is 5.86. The summed E-state index contributed by atoms with van der Waals surface area (Å²) in [6.07, 6.45) is 0.0540. The van der Waals surface area contributed by atoms with Gasteiger partial charge in [0.2, 0.25) is 5.91 Å². The number of hydrogen-bond acceptors (Lipinski definition) is 4. The van der Waals surface area contributed by atoms with Gasteiger partial charge in [0.1, 0.15) is 5.75 Å². The highest BCUT2D eigenvalue weighted by Crippen LogP contribution is 2.28. The number of amides is 1. The van der Waals surface area contributed by atoms with E-state index in [2.05, 4.69) is 10.6 Å². The van der Waals surface area contributed by atoms with Crippen LogP contribution in [0, 0.1) is 0 Å². The van der Waals surface area contributed by atoms with Crippen LogP contribution in [0.5, 0.6) is 5.75 Å². The molecule has 0 aromatic heterocycles. The molecule has 3 N–H and O–H groups in total. The number of aliphatic hydroxyl groups is 1. The molecule has 0 heterocycles. The molecule has 1 amide bonds. The third-order valence-electron chi connectivity index (χ3n) is 2.59. The molecule has 0 bridgehead atoms. The average Bonchev–Trinajstić information content (AvgIpc) is 2.35. The quantitative estimate of drug-likeness (QED) is 0.713. The van der Waals surface area contributed by atoms with Crippen molar-refractivity contribution in [1.29, 1.82) is 0 Å². The largest absolute Gasteiger partial charge is 0.495 e. The van der Waals surface area contributed by atoms with Crippen molar-refractivity contribution in [1.82, 2.24) is 5.32 Å². The molecule has 0 aliphatic rings. The highest BCUT2D eigenvalue weighted by atomic mass is 16.5. The Morgan fingerprint density at radius 1 is 1.50 bits per heavy atom. The molecule has 1 aromatic carbocycles. The lowest BCUT2D eigenvalue weighted by Crippen LogP contribution is -2.12. The van der Waals surface area contributed by atoms with E-state index in [4.69, 9.17) is 4.74 Å². The van der Waals surface area contributed by atoms with Gasteiger partial charge in [-0.1, -0.05) is 6.07 Å². The van der Waals surface area contributed by atoms with Gasteiger partial charge in [-0.3, -0.25) is 4.79 Å². The van der Waals surface area contributed by atoms with Crippen LogP contribution in [-0.2, 0) is 4.79 Å². The molecule has 5 nitrogen and oxygen atoms in total. The van der Waals surface area contributed by atoms with Crippen molar-refractivity contribution in [2.75, 3.05) is 26.0 Å². The number of rotatable bonds is 6. The number of hydrogen-bond donors (Lipinski definition) is 3. The number of aliphatic hydroxyl groups excluding tert-OH is 1. The Morgan fingerprint density at radius 3 is 2.78 bits per heavy atom. The van der Waals surface area contributed by atoms with Crippen molar-refractivity contribution < 1.29 is 14.6 Å². The van der Waals surface area contributed by atoms with Gasteiger partial charge in [0.05, 0.1) is 18.9 Å². The van der Waals surface area contributed by atoms with Crippen molar-refractivity contribution >= 4 is 11.6 Å². The lowest BCUT2D eigenvalue weighted by Gasteiger charge is -2.14. The molecule has 18 heavy (non-hydrogen) atoms. The summed E-state index contributed by atoms with van der Waals surface area (Å²) in [6.45, 7) is 2.16. The van der Waals surface area contributed by atoms with Gasteiger partial charge in [0.25, 0.3) is 0 Å². The van der Waals surface area contributed by atoms with Crippen LogP contribution < -0.4 is 15.4 Å². The number of nitrogens with one attached hydrogen (secondary N) is 2. The first kappa shape index (κ1) is 14.5. The number of benzene rings is 1. The number of methoxy groups -OCH3 is 1. The summed E-state index contributed by atoms with van der Waals surface area (Å²) in [6, 6.07) is 5.27. The fourth-order valence-electron chi connectivity index (χ4n) is 1.67. The summed E-state index contributed by atoms with van der Waals surface area (Å²) < 4.78 is 5.15. The third-order valence-corrected chi connectivity index (χ3v) is 2.59. The topological polar surface area (TPSA) is 70.6 Å². The van der Waals surface area contributed by atoms with E-state index in [0.717, 1.165) is 12.1 Å². The maximum atomic E-state index is 11.1. The first-order chi connectivity index (χ1) is 8.58. The zero-order chi connectivity index (χ0) is 13.5. The molecule has 100 valence electrons. The molecule has 0 aliphatic heterocycles. The van der Waals surface area contributed by atoms with E-state index >= 15 is 0 Å². The van der Waals surface area contributed by atoms with Gasteiger partial charge >= 0.3 is 0 Å². The normalized spacial score (nSPS) is 12.0. The number of carbonyl (C=O) groups excluding carboxylic acids is 1. The van der Waals surface area contributed by atoms with Gasteiger partial charge in [0.15, 0.2) is 0 Å². The van der Waals surface area contributed by atoms with Crippen LogP contribution in [-0.4, -0.2) is 31.7 Å². The van der Waals surface area contributed by atoms with Gasteiger partial charge in [0, 0.05) is 6.92 Å². The van der Waals surface area contributed by atoms with Crippen molar-refractivity contribution in [2.45, 2.75) is 19.4 Å². The van der Waals surface area contributed by atoms with E-state index in [1.165, 1.54) is 14.0 Å². The van der Waals surface area contributed by atoms with Crippen molar-refractivity contribution in [2.24, 2.45) is 0 Å². The van der Waals surface area contributed by atoms with Crippen LogP contribution in [0.2, 0.25) is 0 Å². The Kier molecular flexibility index (Phi) is 5.61. The lowest BCUT2D eigenvalue weighted by molar-refractivity contribution is -0.114. The summed E-state index contributed by atoms with van der Waals surface area (Å²) in [5.74, 6) is 0.407. The third kappa shape index (κ3) is 4.01. The minimum Gasteiger partial charge on any atom is -0.495 e. The highest BCUT2D eigenvalue weighted by molar-refractivity contribution is 5.90. The van der Waals surface area contributed by atoms with Gasteiger partial charge in [-0.2, -0.15) is 0 Å². The first-order valence-corrected chi connectivity index (χ1v) is 5.86. The molecule has 5 heteroatoms. The fourth-order valence-corrected chi connectivity index (χ4v) is 1.67. The van der Waals surface area contributed by atoms with E-state index in [9.17, 15) is 9.90 Å². The maximum Gasteiger partial charge on any atom is 0.221 e. The second-order valence-corrected chi connectivity index (χ2v) is 4.05. The number of ether oxygens (including phenoxy) is 1. The Hall–Kier alpha value is -1.59. The van der Waals surface area contributed by atoms with E-state index in [0.29, 0.717) is 17.9 Å². The van der Waals surface area contributed by atoms with Crippen molar-refractivity contribution in [3.63, 3.8) is 0 Å². The van der Waals surface area contributed by atoms with E-state index < -0.39 is 6.10 Å². The minimum atomic E-state index is -0.559. The number of anilines is 1. The summed E-state index contributed by atoms with van der Waals surface area (Å²) in [5, 5.41) is 15.6. The van der Waals surface area contributed by atoms with Gasteiger partial charge in [-0.25, -0.2) is 0 Å². The Balaban J connectivity index is 2.90. The Labute approximate surface area is 107 Å². The van der Waals surface area contributed by atoms with Gasteiger partial charge < -0.3 is 20.5 Å². The monoisotopic (exact) mass is 252 g/mol. The molecule has 1 aromatic rings. The lowest BCUT2D eigenvalue weighted by atomic mass is 10.1. The van der Waals surface area contributed by atoms with E-state index in [-0.39, 0.29) is 5.91 Å². The SMILES string of the molecule is CNCCC(O)c1ccc(OC)c(NC(C)=O)c1. The minimum absolute atomic E-state index is 0.171. The van der Waals surface area contributed by atoms with Crippen LogP contribution in [0.3, 0.4) is 0 Å². The van der Waals surface area contributed by atoms with E-state index in [1.807, 2.05) is 7.05 Å². The summed E-state index contributed by atoms with van der Waals surface area (Å²) in [7, 11) is 3.38. The molecule has 1 atom stereocenters. The smallest absolute Gasteiger partial charge is 0.221 e. The molecule has 0 aliphatic carbocycles. The maximum absolute atomic E-state index is 11.1. The molecule has 1 rings (SSSR count). The summed E-state index contributed by atoms with van der Waals surface area (Å²) in [5.41, 5.74) is 1.33. The molecular formula is C13H20N2O3. The highest BCUT2D eigenvalue weighted by Gasteiger charge is 2.11. The van der Waals surface area contributed by atoms with Crippen LogP contribution >= 0.6 is 0 Å². The molecular weight excluding hydrogens is 232 g/mol. The van der Waals surface area contributed by atoms with Gasteiger partial charge in [-0.05, 0) is 37.7 Å². The Morgan fingerprint density at radius 2 is 2.22 bits per heavy atom. The van der Waals surface area contributed by atoms with Crippen molar-refractivity contribution in [3.05, 3.63) is 23.8 Å². The zero-order valence-corrected chi connectivity index (χ0v) is 11.0. The van der Waals surface area contributed by atoms with Crippen LogP contribution in [0.15, 0.2) is 18.2 Å². The molecule has 0 radical (unpaired) electrons. The van der Waals surface area contributed by atoms with Crippen LogP contribution in [0.25, 0.3) is 0 Å². The second kappa shape index (κ2) is 6.98. The fraction of sp³-hybridized carbons (Fsp3) is 0.462. The average molecular weight is 252 g/mol. The second-order valence-electron chi connectivity index (χ2n) is 4.05. The van der Waals surface area contributed by atoms with E-state index in [1.54, 1.807) is 18.2 Å². The molecule has 0 saturated carbocycles. The Bertz CT molecular complexity index is 407. The predicted octanol–water partition coefficient (Wildman–Crippen LogP) is 1.30. The van der Waals surface area contributed by atoms with Crippen LogP contribution in [0.1, 0.15) is 25.0 Å². The molecule has 0 spiro atoms. The predicted molar refractivity (Wildman–Crippen MR) is 70.8 cm³/mol. The summed E-state index contributed by atoms with van der Waals surface area (Å²) in [4.78, 5) is 11.1. The van der Waals surface area contributed by atoms with Crippen molar-refractivity contribution in [3.8, 4) is 5.75 Å². The van der Waals surface area contributed by atoms with Crippen LogP contribution in [0.4, 0.5) is 5.69 Å².